The smallest absolute Gasteiger partial charge is 0.341 e. The molecule has 0 spiro atoms. The molecule has 102 valence electrons. The van der Waals surface area contributed by atoms with Crippen LogP contribution < -0.4 is 5.56 Å². The molecule has 1 aromatic carbocycles. The minimum absolute atomic E-state index is 0.173. The van der Waals surface area contributed by atoms with Crippen LogP contribution in [-0.4, -0.2) is 15.6 Å². The van der Waals surface area contributed by atoms with E-state index in [0.717, 1.165) is 0 Å². The van der Waals surface area contributed by atoms with Crippen LogP contribution in [0.4, 0.5) is 4.39 Å². The highest BCUT2D eigenvalue weighted by atomic mass is 19.1. The van der Waals surface area contributed by atoms with E-state index in [-0.39, 0.29) is 17.9 Å². The molecule has 0 saturated carbocycles. The van der Waals surface area contributed by atoms with E-state index in [1.165, 1.54) is 47.0 Å². The van der Waals surface area contributed by atoms with E-state index in [2.05, 4.69) is 6.58 Å². The molecule has 1 aromatic heterocycles. The Kier molecular flexibility index (Phi) is 3.79. The van der Waals surface area contributed by atoms with Gasteiger partial charge in [-0.2, -0.15) is 0 Å². The summed E-state index contributed by atoms with van der Waals surface area (Å²) >= 11 is 0. The highest BCUT2D eigenvalue weighted by molar-refractivity contribution is 5.87. The van der Waals surface area contributed by atoms with Gasteiger partial charge in [0.2, 0.25) is 0 Å². The van der Waals surface area contributed by atoms with Crippen LogP contribution in [0.1, 0.15) is 10.4 Å². The predicted molar refractivity (Wildman–Crippen MR) is 73.3 cm³/mol. The summed E-state index contributed by atoms with van der Waals surface area (Å²) in [7, 11) is 0. The second-order valence-electron chi connectivity index (χ2n) is 4.15. The maximum Gasteiger partial charge on any atom is 0.341 e. The molecule has 4 nitrogen and oxygen atoms in total. The number of carboxylic acids is 1. The zero-order valence-electron chi connectivity index (χ0n) is 10.5. The van der Waals surface area contributed by atoms with Crippen molar-refractivity contribution in [3.05, 3.63) is 70.8 Å². The van der Waals surface area contributed by atoms with Crippen LogP contribution in [-0.2, 0) is 6.54 Å². The molecular formula is C15H12FNO3. The predicted octanol–water partition coefficient (Wildman–Crippen LogP) is 2.54. The molecule has 0 amide bonds. The van der Waals surface area contributed by atoms with Crippen LogP contribution in [0.15, 0.2) is 53.8 Å². The molecule has 0 unspecified atom stereocenters. The number of carboxylic acid groups (broad SMARTS) is 1. The van der Waals surface area contributed by atoms with Gasteiger partial charge in [-0.3, -0.25) is 4.79 Å². The fourth-order valence-corrected chi connectivity index (χ4v) is 1.92. The number of halogens is 1. The summed E-state index contributed by atoms with van der Waals surface area (Å²) < 4.78 is 14.2. The molecule has 2 rings (SSSR count). The molecule has 2 aromatic rings. The maximum atomic E-state index is 12.9. The molecule has 0 atom stereocenters. The third-order valence-corrected chi connectivity index (χ3v) is 2.86. The number of rotatable bonds is 4. The second-order valence-corrected chi connectivity index (χ2v) is 4.15. The number of aromatic nitrogens is 1. The zero-order valence-corrected chi connectivity index (χ0v) is 10.5. The maximum absolute atomic E-state index is 12.9. The number of hydrogen-bond donors (Lipinski definition) is 1. The van der Waals surface area contributed by atoms with Crippen LogP contribution >= 0.6 is 0 Å². The minimum atomic E-state index is -1.28. The quantitative estimate of drug-likeness (QED) is 0.871. The Balaban J connectivity index is 2.67. The largest absolute Gasteiger partial charge is 0.477 e. The van der Waals surface area contributed by atoms with Gasteiger partial charge in [0, 0.05) is 6.54 Å². The Morgan fingerprint density at radius 1 is 1.25 bits per heavy atom. The van der Waals surface area contributed by atoms with Crippen molar-refractivity contribution in [2.75, 3.05) is 0 Å². The van der Waals surface area contributed by atoms with Crippen molar-refractivity contribution < 1.29 is 14.3 Å². The Morgan fingerprint density at radius 3 is 2.45 bits per heavy atom. The van der Waals surface area contributed by atoms with Gasteiger partial charge >= 0.3 is 5.97 Å². The number of benzene rings is 1. The molecule has 0 aliphatic heterocycles. The third kappa shape index (κ3) is 2.51. The SMILES string of the molecule is C=CCn1c(-c2ccc(F)cc2)ccc(C(=O)O)c1=O. The number of nitrogens with zero attached hydrogens (tertiary/aromatic N) is 1. The lowest BCUT2D eigenvalue weighted by Gasteiger charge is -2.12. The molecule has 0 aliphatic rings. The number of carbonyl (C=O) groups is 1. The summed E-state index contributed by atoms with van der Waals surface area (Å²) in [6.45, 7) is 3.73. The molecule has 0 fully saturated rings. The molecule has 0 saturated heterocycles. The average molecular weight is 273 g/mol. The first-order valence-electron chi connectivity index (χ1n) is 5.88. The van der Waals surface area contributed by atoms with Crippen LogP contribution in [0.25, 0.3) is 11.3 Å². The van der Waals surface area contributed by atoms with Gasteiger partial charge in [0.05, 0.1) is 5.69 Å². The lowest BCUT2D eigenvalue weighted by molar-refractivity contribution is 0.0694. The van der Waals surface area contributed by atoms with Crippen LogP contribution in [0, 0.1) is 5.82 Å². The monoisotopic (exact) mass is 273 g/mol. The van der Waals surface area contributed by atoms with Crippen molar-refractivity contribution in [1.82, 2.24) is 4.57 Å². The first-order chi connectivity index (χ1) is 9.54. The van der Waals surface area contributed by atoms with Crippen molar-refractivity contribution in [2.45, 2.75) is 6.54 Å². The molecule has 1 N–H and O–H groups in total. The molecule has 5 heteroatoms. The van der Waals surface area contributed by atoms with Gasteiger partial charge in [0.15, 0.2) is 0 Å². The lowest BCUT2D eigenvalue weighted by atomic mass is 10.1. The highest BCUT2D eigenvalue weighted by Gasteiger charge is 2.14. The van der Waals surface area contributed by atoms with Crippen molar-refractivity contribution >= 4 is 5.97 Å². The molecular weight excluding hydrogens is 261 g/mol. The standard InChI is InChI=1S/C15H12FNO3/c1-2-9-17-13(10-3-5-11(16)6-4-10)8-7-12(14(17)18)15(19)20/h2-8H,1,9H2,(H,19,20). The van der Waals surface area contributed by atoms with Gasteiger partial charge in [0.1, 0.15) is 11.4 Å². The Morgan fingerprint density at radius 2 is 1.90 bits per heavy atom. The van der Waals surface area contributed by atoms with Gasteiger partial charge in [-0.15, -0.1) is 6.58 Å². The second kappa shape index (κ2) is 5.52. The van der Waals surface area contributed by atoms with Crippen molar-refractivity contribution in [3.63, 3.8) is 0 Å². The molecule has 20 heavy (non-hydrogen) atoms. The van der Waals surface area contributed by atoms with Gasteiger partial charge in [0.25, 0.3) is 5.56 Å². The summed E-state index contributed by atoms with van der Waals surface area (Å²) in [4.78, 5) is 23.1. The molecule has 0 bridgehead atoms. The number of allylic oxidation sites excluding steroid dienone is 1. The van der Waals surface area contributed by atoms with E-state index in [1.807, 2.05) is 0 Å². The normalized spacial score (nSPS) is 10.2. The van der Waals surface area contributed by atoms with Gasteiger partial charge in [-0.05, 0) is 42.0 Å². The summed E-state index contributed by atoms with van der Waals surface area (Å²) in [5.74, 6) is -1.66. The summed E-state index contributed by atoms with van der Waals surface area (Å²) in [6, 6.07) is 8.41. The van der Waals surface area contributed by atoms with Crippen LogP contribution in [0.2, 0.25) is 0 Å². The van der Waals surface area contributed by atoms with E-state index in [1.54, 1.807) is 0 Å². The molecule has 0 radical (unpaired) electrons. The van der Waals surface area contributed by atoms with E-state index in [9.17, 15) is 14.0 Å². The molecule has 1 heterocycles. The number of aromatic carboxylic acids is 1. The summed E-state index contributed by atoms with van der Waals surface area (Å²) in [6.07, 6.45) is 1.50. The summed E-state index contributed by atoms with van der Waals surface area (Å²) in [5, 5.41) is 8.97. The Bertz CT molecular complexity index is 717. The van der Waals surface area contributed by atoms with Gasteiger partial charge in [-0.25, -0.2) is 9.18 Å². The lowest BCUT2D eigenvalue weighted by Crippen LogP contribution is -2.27. The number of pyridine rings is 1. The zero-order chi connectivity index (χ0) is 14.7. The van der Waals surface area contributed by atoms with E-state index < -0.39 is 11.5 Å². The Hall–Kier alpha value is -2.69. The third-order valence-electron chi connectivity index (χ3n) is 2.86. The fourth-order valence-electron chi connectivity index (χ4n) is 1.92. The highest BCUT2D eigenvalue weighted by Crippen LogP contribution is 2.19. The van der Waals surface area contributed by atoms with Crippen molar-refractivity contribution in [1.29, 1.82) is 0 Å². The van der Waals surface area contributed by atoms with Crippen LogP contribution in [0.5, 0.6) is 0 Å². The fraction of sp³-hybridized carbons (Fsp3) is 0.0667. The number of hydrogen-bond acceptors (Lipinski definition) is 2. The first kappa shape index (κ1) is 13.7. The average Bonchev–Trinajstić information content (AvgIpc) is 2.42. The minimum Gasteiger partial charge on any atom is -0.477 e. The van der Waals surface area contributed by atoms with Gasteiger partial charge < -0.3 is 9.67 Å². The van der Waals surface area contributed by atoms with Crippen LogP contribution in [0.3, 0.4) is 0 Å². The van der Waals surface area contributed by atoms with E-state index in [0.29, 0.717) is 11.3 Å². The van der Waals surface area contributed by atoms with Crippen molar-refractivity contribution in [3.8, 4) is 11.3 Å². The van der Waals surface area contributed by atoms with E-state index >= 15 is 0 Å². The van der Waals surface area contributed by atoms with E-state index in [4.69, 9.17) is 5.11 Å². The van der Waals surface area contributed by atoms with Crippen molar-refractivity contribution in [2.24, 2.45) is 0 Å². The summed E-state index contributed by atoms with van der Waals surface area (Å²) in [5.41, 5.74) is 0.221. The topological polar surface area (TPSA) is 59.3 Å². The Labute approximate surface area is 114 Å². The molecule has 0 aliphatic carbocycles. The van der Waals surface area contributed by atoms with Gasteiger partial charge in [-0.1, -0.05) is 6.08 Å². The first-order valence-corrected chi connectivity index (χ1v) is 5.88.